The molecule has 0 unspecified atom stereocenters. The number of halogens is 3. The molecule has 5 nitrogen and oxygen atoms in total. The molecule has 0 bridgehead atoms. The molecule has 122 valence electrons. The average Bonchev–Trinajstić information content (AvgIpc) is 2.39. The minimum absolute atomic E-state index is 0.00479. The number of hydrogen-bond donors (Lipinski definition) is 1. The molecule has 1 saturated heterocycles. The third-order valence-corrected chi connectivity index (χ3v) is 4.94. The number of carbonyl (C=O) groups is 1. The van der Waals surface area contributed by atoms with Crippen LogP contribution < -0.4 is 10.1 Å². The van der Waals surface area contributed by atoms with Gasteiger partial charge in [0, 0.05) is 11.6 Å². The second-order valence-corrected chi connectivity index (χ2v) is 7.28. The lowest BCUT2D eigenvalue weighted by Gasteiger charge is -2.23. The highest BCUT2D eigenvalue weighted by Crippen LogP contribution is 2.23. The quantitative estimate of drug-likeness (QED) is 0.914. The molecule has 22 heavy (non-hydrogen) atoms. The van der Waals surface area contributed by atoms with Crippen LogP contribution in [0.4, 0.5) is 13.2 Å². The van der Waals surface area contributed by atoms with E-state index in [9.17, 15) is 26.4 Å². The first-order valence-electron chi connectivity index (χ1n) is 6.52. The number of ether oxygens (including phenoxy) is 1. The number of amides is 1. The summed E-state index contributed by atoms with van der Waals surface area (Å²) in [5.41, 5.74) is 0.0233. The smallest absolute Gasteiger partial charge is 0.406 e. The van der Waals surface area contributed by atoms with E-state index in [0.717, 1.165) is 12.1 Å². The van der Waals surface area contributed by atoms with E-state index in [-0.39, 0.29) is 23.1 Å². The van der Waals surface area contributed by atoms with Crippen molar-refractivity contribution in [1.29, 1.82) is 0 Å². The summed E-state index contributed by atoms with van der Waals surface area (Å²) in [7, 11) is -3.04. The number of carbonyl (C=O) groups excluding carboxylic acids is 1. The van der Waals surface area contributed by atoms with Crippen LogP contribution in [0.1, 0.15) is 23.2 Å². The molecule has 1 heterocycles. The Kier molecular flexibility index (Phi) is 4.64. The minimum atomic E-state index is -4.83. The lowest BCUT2D eigenvalue weighted by molar-refractivity contribution is -0.274. The zero-order chi connectivity index (χ0) is 16.4. The van der Waals surface area contributed by atoms with E-state index in [1.54, 1.807) is 0 Å². The number of hydrogen-bond acceptors (Lipinski definition) is 4. The van der Waals surface area contributed by atoms with Gasteiger partial charge in [0.2, 0.25) is 0 Å². The summed E-state index contributed by atoms with van der Waals surface area (Å²) >= 11 is 0. The molecule has 1 amide bonds. The average molecular weight is 337 g/mol. The van der Waals surface area contributed by atoms with Crippen molar-refractivity contribution in [3.63, 3.8) is 0 Å². The standard InChI is InChI=1S/C13H14F3NO4S/c14-13(15,16)21-11-3-1-2-9(8-11)12(18)17-10-4-6-22(19,20)7-5-10/h1-3,8,10H,4-7H2,(H,17,18). The van der Waals surface area contributed by atoms with Crippen molar-refractivity contribution in [2.24, 2.45) is 0 Å². The molecule has 2 rings (SSSR count). The van der Waals surface area contributed by atoms with Crippen LogP contribution in [0.15, 0.2) is 24.3 Å². The molecule has 1 aromatic rings. The molecule has 1 aliphatic rings. The van der Waals surface area contributed by atoms with Crippen LogP contribution in [0, 0.1) is 0 Å². The maximum absolute atomic E-state index is 12.1. The Morgan fingerprint density at radius 1 is 1.23 bits per heavy atom. The maximum Gasteiger partial charge on any atom is 0.573 e. The first-order valence-corrected chi connectivity index (χ1v) is 8.34. The van der Waals surface area contributed by atoms with Gasteiger partial charge in [0.15, 0.2) is 0 Å². The molecule has 0 saturated carbocycles. The summed E-state index contributed by atoms with van der Waals surface area (Å²) in [6.07, 6.45) is -4.23. The Hall–Kier alpha value is -1.77. The second-order valence-electron chi connectivity index (χ2n) is 4.98. The van der Waals surface area contributed by atoms with Gasteiger partial charge in [-0.05, 0) is 31.0 Å². The first-order chi connectivity index (χ1) is 10.1. The van der Waals surface area contributed by atoms with Crippen LogP contribution in [0.25, 0.3) is 0 Å². The second kappa shape index (κ2) is 6.15. The summed E-state index contributed by atoms with van der Waals surface area (Å²) in [4.78, 5) is 12.0. The first kappa shape index (κ1) is 16.6. The summed E-state index contributed by atoms with van der Waals surface area (Å²) in [5.74, 6) is -1.05. The summed E-state index contributed by atoms with van der Waals surface area (Å²) < 4.78 is 62.8. The third kappa shape index (κ3) is 4.90. The van der Waals surface area contributed by atoms with E-state index in [1.807, 2.05) is 0 Å². The lowest BCUT2D eigenvalue weighted by Crippen LogP contribution is -2.40. The largest absolute Gasteiger partial charge is 0.573 e. The van der Waals surface area contributed by atoms with E-state index < -0.39 is 27.9 Å². The topological polar surface area (TPSA) is 72.5 Å². The number of nitrogens with one attached hydrogen (secondary N) is 1. The number of sulfone groups is 1. The molecule has 0 aliphatic carbocycles. The van der Waals surface area contributed by atoms with Gasteiger partial charge in [-0.1, -0.05) is 6.07 Å². The van der Waals surface area contributed by atoms with E-state index in [1.165, 1.54) is 12.1 Å². The Bertz CT molecular complexity index is 643. The summed E-state index contributed by atoms with van der Waals surface area (Å²) in [5, 5.41) is 2.62. The van der Waals surface area contributed by atoms with Gasteiger partial charge >= 0.3 is 6.36 Å². The van der Waals surface area contributed by atoms with E-state index >= 15 is 0 Å². The van der Waals surface area contributed by atoms with Crippen LogP contribution in [0.3, 0.4) is 0 Å². The third-order valence-electron chi connectivity index (χ3n) is 3.22. The number of alkyl halides is 3. The normalized spacial score (nSPS) is 18.7. The van der Waals surface area contributed by atoms with Crippen molar-refractivity contribution in [1.82, 2.24) is 5.32 Å². The van der Waals surface area contributed by atoms with Crippen LogP contribution in [-0.2, 0) is 9.84 Å². The molecular formula is C13H14F3NO4S. The molecule has 9 heteroatoms. The fraction of sp³-hybridized carbons (Fsp3) is 0.462. The Morgan fingerprint density at radius 3 is 2.45 bits per heavy atom. The van der Waals surface area contributed by atoms with Gasteiger partial charge in [-0.25, -0.2) is 8.42 Å². The fourth-order valence-electron chi connectivity index (χ4n) is 2.14. The molecule has 1 fully saturated rings. The molecular weight excluding hydrogens is 323 g/mol. The zero-order valence-electron chi connectivity index (χ0n) is 11.4. The van der Waals surface area contributed by atoms with Gasteiger partial charge < -0.3 is 10.1 Å². The van der Waals surface area contributed by atoms with Crippen molar-refractivity contribution >= 4 is 15.7 Å². The van der Waals surface area contributed by atoms with Crippen molar-refractivity contribution in [2.45, 2.75) is 25.2 Å². The molecule has 0 spiro atoms. The van der Waals surface area contributed by atoms with Gasteiger partial charge in [-0.15, -0.1) is 13.2 Å². The predicted molar refractivity (Wildman–Crippen MR) is 72.3 cm³/mol. The number of rotatable bonds is 3. The van der Waals surface area contributed by atoms with E-state index in [2.05, 4.69) is 10.1 Å². The molecule has 0 atom stereocenters. The number of benzene rings is 1. The van der Waals surface area contributed by atoms with Gasteiger partial charge in [0.1, 0.15) is 15.6 Å². The van der Waals surface area contributed by atoms with Gasteiger partial charge in [0.25, 0.3) is 5.91 Å². The Morgan fingerprint density at radius 2 is 1.86 bits per heavy atom. The lowest BCUT2D eigenvalue weighted by atomic mass is 10.1. The van der Waals surface area contributed by atoms with Crippen molar-refractivity contribution in [3.05, 3.63) is 29.8 Å². The van der Waals surface area contributed by atoms with E-state index in [4.69, 9.17) is 0 Å². The Labute approximate surface area is 125 Å². The molecule has 0 radical (unpaired) electrons. The fourth-order valence-corrected chi connectivity index (χ4v) is 3.63. The van der Waals surface area contributed by atoms with Crippen molar-refractivity contribution in [2.75, 3.05) is 11.5 Å². The van der Waals surface area contributed by atoms with E-state index in [0.29, 0.717) is 12.8 Å². The molecule has 0 aromatic heterocycles. The summed E-state index contributed by atoms with van der Waals surface area (Å²) in [6.45, 7) is 0. The monoisotopic (exact) mass is 337 g/mol. The minimum Gasteiger partial charge on any atom is -0.406 e. The highest BCUT2D eigenvalue weighted by Gasteiger charge is 2.31. The predicted octanol–water partition coefficient (Wildman–Crippen LogP) is 1.89. The van der Waals surface area contributed by atoms with Crippen LogP contribution in [-0.4, -0.2) is 38.2 Å². The SMILES string of the molecule is O=C(NC1CCS(=O)(=O)CC1)c1cccc(OC(F)(F)F)c1. The Balaban J connectivity index is 2.00. The van der Waals surface area contributed by atoms with Crippen LogP contribution in [0.2, 0.25) is 0 Å². The van der Waals surface area contributed by atoms with Crippen LogP contribution >= 0.6 is 0 Å². The highest BCUT2D eigenvalue weighted by molar-refractivity contribution is 7.91. The summed E-state index contributed by atoms with van der Waals surface area (Å²) in [6, 6.07) is 4.42. The zero-order valence-corrected chi connectivity index (χ0v) is 12.2. The van der Waals surface area contributed by atoms with Crippen LogP contribution in [0.5, 0.6) is 5.75 Å². The van der Waals surface area contributed by atoms with Crippen molar-refractivity contribution < 1.29 is 31.1 Å². The maximum atomic E-state index is 12.1. The van der Waals surface area contributed by atoms with Gasteiger partial charge in [-0.3, -0.25) is 4.79 Å². The highest BCUT2D eigenvalue weighted by atomic mass is 32.2. The molecule has 1 aliphatic heterocycles. The van der Waals surface area contributed by atoms with Gasteiger partial charge in [0.05, 0.1) is 11.5 Å². The van der Waals surface area contributed by atoms with Crippen molar-refractivity contribution in [3.8, 4) is 5.75 Å². The molecule has 1 N–H and O–H groups in total. The molecule has 1 aromatic carbocycles. The van der Waals surface area contributed by atoms with Gasteiger partial charge in [-0.2, -0.15) is 0 Å².